The Hall–Kier alpha value is -0.770. The molecule has 0 spiro atoms. The largest absolute Gasteiger partial charge is 0.409 e. The summed E-state index contributed by atoms with van der Waals surface area (Å²) >= 11 is 0. The molecule has 3 N–H and O–H groups in total. The molecule has 126 valence electrons. The molecule has 0 amide bonds. The molecule has 0 atom stereocenters. The normalized spacial score (nSPS) is 12.2. The van der Waals surface area contributed by atoms with Crippen molar-refractivity contribution in [3.63, 3.8) is 0 Å². The summed E-state index contributed by atoms with van der Waals surface area (Å²) in [5, 5.41) is 11.7. The van der Waals surface area contributed by atoms with Crippen LogP contribution < -0.4 is 5.73 Å². The van der Waals surface area contributed by atoms with Crippen LogP contribution in [0.2, 0.25) is 0 Å². The van der Waals surface area contributed by atoms with Crippen LogP contribution in [0.1, 0.15) is 84.5 Å². The fourth-order valence-corrected chi connectivity index (χ4v) is 2.67. The highest BCUT2D eigenvalue weighted by Gasteiger charge is 2.05. The van der Waals surface area contributed by atoms with Crippen LogP contribution in [-0.4, -0.2) is 35.6 Å². The van der Waals surface area contributed by atoms with E-state index < -0.39 is 0 Å². The monoisotopic (exact) mass is 299 g/mol. The standard InChI is InChI=1S/C17H37N3O/c1-3-5-6-7-8-9-10-11-12-13-15-20(14-4-2)16-17(18)19-21/h21H,3-16H2,1-2H3,(H2,18,19). The number of nitrogens with two attached hydrogens (primary N) is 1. The van der Waals surface area contributed by atoms with Crippen molar-refractivity contribution >= 4 is 5.84 Å². The molecule has 0 radical (unpaired) electrons. The van der Waals surface area contributed by atoms with Gasteiger partial charge in [-0.15, -0.1) is 0 Å². The van der Waals surface area contributed by atoms with Gasteiger partial charge in [-0.05, 0) is 25.9 Å². The predicted octanol–water partition coefficient (Wildman–Crippen LogP) is 4.37. The number of nitrogens with zero attached hydrogens (tertiary/aromatic N) is 2. The molecule has 0 heterocycles. The molecule has 0 aromatic heterocycles. The number of oxime groups is 1. The van der Waals surface area contributed by atoms with Gasteiger partial charge >= 0.3 is 0 Å². The summed E-state index contributed by atoms with van der Waals surface area (Å²) in [4.78, 5) is 2.28. The van der Waals surface area contributed by atoms with Gasteiger partial charge in [-0.3, -0.25) is 4.90 Å². The average Bonchev–Trinajstić information content (AvgIpc) is 2.49. The molecule has 4 heteroatoms. The third-order valence-corrected chi connectivity index (χ3v) is 3.88. The molecular weight excluding hydrogens is 262 g/mol. The van der Waals surface area contributed by atoms with Crippen molar-refractivity contribution in [3.8, 4) is 0 Å². The van der Waals surface area contributed by atoms with Crippen molar-refractivity contribution in [2.75, 3.05) is 19.6 Å². The fourth-order valence-electron chi connectivity index (χ4n) is 2.67. The highest BCUT2D eigenvalue weighted by molar-refractivity contribution is 5.81. The molecule has 0 saturated heterocycles. The van der Waals surface area contributed by atoms with Crippen LogP contribution in [0.15, 0.2) is 5.16 Å². The maximum absolute atomic E-state index is 8.63. The van der Waals surface area contributed by atoms with E-state index in [2.05, 4.69) is 23.9 Å². The molecule has 0 aromatic carbocycles. The maximum Gasteiger partial charge on any atom is 0.153 e. The van der Waals surface area contributed by atoms with Gasteiger partial charge in [0, 0.05) is 0 Å². The second-order valence-corrected chi connectivity index (χ2v) is 6.05. The van der Waals surface area contributed by atoms with E-state index in [1.54, 1.807) is 0 Å². The molecule has 0 saturated carbocycles. The molecule has 0 aliphatic carbocycles. The number of rotatable bonds is 15. The van der Waals surface area contributed by atoms with Crippen molar-refractivity contribution in [1.82, 2.24) is 4.90 Å². The lowest BCUT2D eigenvalue weighted by Crippen LogP contribution is -2.35. The van der Waals surface area contributed by atoms with Crippen LogP contribution >= 0.6 is 0 Å². The first-order valence-electron chi connectivity index (χ1n) is 8.93. The highest BCUT2D eigenvalue weighted by atomic mass is 16.4. The third kappa shape index (κ3) is 13.9. The van der Waals surface area contributed by atoms with Gasteiger partial charge in [0.15, 0.2) is 5.84 Å². The topological polar surface area (TPSA) is 61.8 Å². The lowest BCUT2D eigenvalue weighted by Gasteiger charge is -2.20. The van der Waals surface area contributed by atoms with E-state index in [-0.39, 0.29) is 0 Å². The molecule has 0 fully saturated rings. The first-order chi connectivity index (χ1) is 10.2. The minimum atomic E-state index is 0.315. The van der Waals surface area contributed by atoms with Crippen molar-refractivity contribution < 1.29 is 5.21 Å². The molecule has 0 rings (SSSR count). The van der Waals surface area contributed by atoms with E-state index >= 15 is 0 Å². The summed E-state index contributed by atoms with van der Waals surface area (Å²) in [5.74, 6) is 0.315. The van der Waals surface area contributed by atoms with E-state index in [1.165, 1.54) is 64.2 Å². The van der Waals surface area contributed by atoms with Crippen LogP contribution in [0.5, 0.6) is 0 Å². The Bertz CT molecular complexity index is 244. The van der Waals surface area contributed by atoms with E-state index in [0.29, 0.717) is 12.4 Å². The van der Waals surface area contributed by atoms with E-state index in [9.17, 15) is 0 Å². The highest BCUT2D eigenvalue weighted by Crippen LogP contribution is 2.10. The molecule has 0 bridgehead atoms. The minimum Gasteiger partial charge on any atom is -0.409 e. The van der Waals surface area contributed by atoms with Gasteiger partial charge in [0.1, 0.15) is 0 Å². The average molecular weight is 300 g/mol. The van der Waals surface area contributed by atoms with Crippen molar-refractivity contribution in [2.24, 2.45) is 10.9 Å². The summed E-state index contributed by atoms with van der Waals surface area (Å²) in [6.45, 7) is 7.09. The van der Waals surface area contributed by atoms with Crippen molar-refractivity contribution in [1.29, 1.82) is 0 Å². The zero-order valence-corrected chi connectivity index (χ0v) is 14.3. The van der Waals surface area contributed by atoms with Crippen LogP contribution in [0, 0.1) is 0 Å². The van der Waals surface area contributed by atoms with Crippen LogP contribution in [0.4, 0.5) is 0 Å². The van der Waals surface area contributed by atoms with Gasteiger partial charge in [-0.25, -0.2) is 0 Å². The molecule has 0 aliphatic heterocycles. The minimum absolute atomic E-state index is 0.315. The first-order valence-corrected chi connectivity index (χ1v) is 8.93. The van der Waals surface area contributed by atoms with Gasteiger partial charge in [-0.1, -0.05) is 76.8 Å². The van der Waals surface area contributed by atoms with Crippen molar-refractivity contribution in [3.05, 3.63) is 0 Å². The second kappa shape index (κ2) is 15.6. The SMILES string of the molecule is CCCCCCCCCCCCN(CCC)CC(N)=NO. The second-order valence-electron chi connectivity index (χ2n) is 6.05. The van der Waals surface area contributed by atoms with Gasteiger partial charge in [0.05, 0.1) is 6.54 Å². The van der Waals surface area contributed by atoms with Gasteiger partial charge in [0.2, 0.25) is 0 Å². The number of unbranched alkanes of at least 4 members (excludes halogenated alkanes) is 9. The van der Waals surface area contributed by atoms with Crippen LogP contribution in [0.25, 0.3) is 0 Å². The van der Waals surface area contributed by atoms with E-state index in [1.807, 2.05) is 0 Å². The lowest BCUT2D eigenvalue weighted by atomic mass is 10.1. The maximum atomic E-state index is 8.63. The molecule has 0 aromatic rings. The molecule has 4 nitrogen and oxygen atoms in total. The number of hydrogen-bond donors (Lipinski definition) is 2. The van der Waals surface area contributed by atoms with E-state index in [0.717, 1.165) is 19.5 Å². The molecule has 0 unspecified atom stereocenters. The number of amidine groups is 1. The van der Waals surface area contributed by atoms with Gasteiger partial charge in [0.25, 0.3) is 0 Å². The zero-order chi connectivity index (χ0) is 15.8. The Labute approximate surface area is 131 Å². The molecular formula is C17H37N3O. The zero-order valence-electron chi connectivity index (χ0n) is 14.3. The van der Waals surface area contributed by atoms with E-state index in [4.69, 9.17) is 10.9 Å². The molecule has 21 heavy (non-hydrogen) atoms. The summed E-state index contributed by atoms with van der Waals surface area (Å²) in [6, 6.07) is 0. The Kier molecular flexibility index (Phi) is 15.0. The Morgan fingerprint density at radius 2 is 1.33 bits per heavy atom. The van der Waals surface area contributed by atoms with Gasteiger partial charge in [-0.2, -0.15) is 0 Å². The Morgan fingerprint density at radius 3 is 1.81 bits per heavy atom. The lowest BCUT2D eigenvalue weighted by molar-refractivity contribution is 0.286. The fraction of sp³-hybridized carbons (Fsp3) is 0.941. The van der Waals surface area contributed by atoms with Crippen LogP contribution in [-0.2, 0) is 0 Å². The predicted molar refractivity (Wildman–Crippen MR) is 92.0 cm³/mol. The summed E-state index contributed by atoms with van der Waals surface area (Å²) in [6.07, 6.45) is 14.7. The first kappa shape index (κ1) is 20.2. The van der Waals surface area contributed by atoms with Crippen LogP contribution in [0.3, 0.4) is 0 Å². The Balaban J connectivity index is 3.45. The summed E-state index contributed by atoms with van der Waals surface area (Å²) < 4.78 is 0. The number of hydrogen-bond acceptors (Lipinski definition) is 3. The summed E-state index contributed by atoms with van der Waals surface area (Å²) in [5.41, 5.74) is 5.58. The summed E-state index contributed by atoms with van der Waals surface area (Å²) in [7, 11) is 0. The Morgan fingerprint density at radius 1 is 0.810 bits per heavy atom. The third-order valence-electron chi connectivity index (χ3n) is 3.88. The smallest absolute Gasteiger partial charge is 0.153 e. The van der Waals surface area contributed by atoms with Crippen molar-refractivity contribution in [2.45, 2.75) is 84.5 Å². The van der Waals surface area contributed by atoms with Gasteiger partial charge < -0.3 is 10.9 Å². The quantitative estimate of drug-likeness (QED) is 0.155. The molecule has 0 aliphatic rings.